The number of amides is 3. The van der Waals surface area contributed by atoms with Crippen LogP contribution in [0.1, 0.15) is 38.6 Å². The van der Waals surface area contributed by atoms with E-state index in [4.69, 9.17) is 31.7 Å². The number of β-lactam (4-membered cyclic amide) rings is 1. The number of benzene rings is 1. The molecule has 2 aromatic rings. The quantitative estimate of drug-likeness (QED) is 0.0675. The first-order chi connectivity index (χ1) is 22.2. The standard InChI is InChI=1S/C26H29ClN8O10S2/c1-26(2,3)45-33(25(39)40)9-4-10-44-31-16(19-30-24(28)47-32-19)20(36)29-17-21(37)34-18(15(27)12-46-22(17)34)23(38)43-11-13-5-7-14(8-6-13)35(41)42/h5-8,17,22H,4,9-12H2,1-3H3,(H,29,36)(H,39,40)(H2,28,30,32)/t17?,22-/m1/s1. The average molecular weight is 713 g/mol. The third-order valence-electron chi connectivity index (χ3n) is 6.14. The zero-order chi connectivity index (χ0) is 34.5. The minimum absolute atomic E-state index is 0.0438. The summed E-state index contributed by atoms with van der Waals surface area (Å²) >= 11 is 8.31. The molecule has 1 aromatic heterocycles. The second-order valence-corrected chi connectivity index (χ2v) is 13.1. The molecule has 0 radical (unpaired) electrons. The van der Waals surface area contributed by atoms with Gasteiger partial charge in [-0.05, 0) is 38.5 Å². The third-order valence-corrected chi connectivity index (χ3v) is 8.43. The van der Waals surface area contributed by atoms with Crippen molar-refractivity contribution in [2.24, 2.45) is 5.16 Å². The first-order valence-electron chi connectivity index (χ1n) is 13.7. The number of carboxylic acid groups (broad SMARTS) is 1. The predicted molar refractivity (Wildman–Crippen MR) is 168 cm³/mol. The number of halogens is 1. The lowest BCUT2D eigenvalue weighted by Crippen LogP contribution is -2.71. The van der Waals surface area contributed by atoms with Gasteiger partial charge in [-0.15, -0.1) is 11.8 Å². The van der Waals surface area contributed by atoms with Crippen molar-refractivity contribution in [3.63, 3.8) is 0 Å². The molecule has 0 bridgehead atoms. The van der Waals surface area contributed by atoms with Crippen LogP contribution in [0.15, 0.2) is 40.2 Å². The molecule has 18 nitrogen and oxygen atoms in total. The molecule has 2 atom stereocenters. The summed E-state index contributed by atoms with van der Waals surface area (Å²) in [7, 11) is 0. The molecule has 4 N–H and O–H groups in total. The number of nitro groups is 1. The number of nitrogens with one attached hydrogen (secondary N) is 1. The van der Waals surface area contributed by atoms with Crippen LogP contribution in [-0.2, 0) is 35.4 Å². The Morgan fingerprint density at radius 1 is 1.30 bits per heavy atom. The molecule has 21 heteroatoms. The number of ether oxygens (including phenoxy) is 1. The molecule has 2 aliphatic rings. The minimum atomic E-state index is -1.29. The van der Waals surface area contributed by atoms with Crippen LogP contribution < -0.4 is 11.1 Å². The van der Waals surface area contributed by atoms with Gasteiger partial charge < -0.3 is 25.7 Å². The van der Waals surface area contributed by atoms with Gasteiger partial charge in [-0.3, -0.25) is 29.4 Å². The van der Waals surface area contributed by atoms with Crippen LogP contribution in [0.2, 0.25) is 0 Å². The highest BCUT2D eigenvalue weighted by molar-refractivity contribution is 8.00. The van der Waals surface area contributed by atoms with E-state index in [1.54, 1.807) is 20.8 Å². The smallest absolute Gasteiger partial charge is 0.431 e. The SMILES string of the molecule is CC(C)(C)ON(CCCON=C(C(=O)NC1C(=O)N2C(C(=O)OCc3ccc([N+](=O)[O-])cc3)=C(Cl)CS[C@H]12)c1nsc(N)n1)C(=O)O. The minimum Gasteiger partial charge on any atom is -0.463 e. The first-order valence-corrected chi connectivity index (χ1v) is 15.9. The van der Waals surface area contributed by atoms with Crippen molar-refractivity contribution in [2.75, 3.05) is 24.6 Å². The zero-order valence-corrected chi connectivity index (χ0v) is 27.5. The van der Waals surface area contributed by atoms with Gasteiger partial charge in [0.2, 0.25) is 11.5 Å². The fourth-order valence-corrected chi connectivity index (χ4v) is 6.10. The number of nitro benzene ring substituents is 1. The zero-order valence-electron chi connectivity index (χ0n) is 25.1. The maximum atomic E-state index is 13.3. The number of aromatic nitrogens is 2. The second kappa shape index (κ2) is 14.9. The molecule has 47 heavy (non-hydrogen) atoms. The average Bonchev–Trinajstić information content (AvgIpc) is 3.44. The van der Waals surface area contributed by atoms with E-state index in [2.05, 4.69) is 19.8 Å². The molecule has 1 fully saturated rings. The second-order valence-electron chi connectivity index (χ2n) is 10.8. The van der Waals surface area contributed by atoms with Crippen molar-refractivity contribution >= 4 is 75.3 Å². The molecular weight excluding hydrogens is 684 g/mol. The Balaban J connectivity index is 1.38. The van der Waals surface area contributed by atoms with Gasteiger partial charge in [0.15, 0.2) is 5.13 Å². The molecule has 0 aliphatic carbocycles. The summed E-state index contributed by atoms with van der Waals surface area (Å²) in [6.07, 6.45) is -1.14. The molecule has 1 aromatic carbocycles. The summed E-state index contributed by atoms with van der Waals surface area (Å²) in [6.45, 7) is 4.69. The van der Waals surface area contributed by atoms with Crippen molar-refractivity contribution in [1.29, 1.82) is 0 Å². The lowest BCUT2D eigenvalue weighted by molar-refractivity contribution is -0.384. The van der Waals surface area contributed by atoms with Crippen LogP contribution in [0, 0.1) is 10.1 Å². The highest BCUT2D eigenvalue weighted by Gasteiger charge is 2.54. The van der Waals surface area contributed by atoms with Gasteiger partial charge in [-0.1, -0.05) is 16.8 Å². The summed E-state index contributed by atoms with van der Waals surface area (Å²) in [5.74, 6) is -2.41. The van der Waals surface area contributed by atoms with Crippen LogP contribution >= 0.6 is 34.9 Å². The molecule has 0 saturated carbocycles. The predicted octanol–water partition coefficient (Wildman–Crippen LogP) is 2.44. The Labute approximate surface area is 280 Å². The highest BCUT2D eigenvalue weighted by atomic mass is 35.5. The van der Waals surface area contributed by atoms with Gasteiger partial charge in [-0.2, -0.15) is 14.4 Å². The van der Waals surface area contributed by atoms with E-state index < -0.39 is 45.8 Å². The third kappa shape index (κ3) is 8.84. The number of rotatable bonds is 13. The Morgan fingerprint density at radius 2 is 2.00 bits per heavy atom. The molecule has 252 valence electrons. The van der Waals surface area contributed by atoms with Crippen molar-refractivity contribution in [1.82, 2.24) is 24.6 Å². The largest absolute Gasteiger partial charge is 0.463 e. The van der Waals surface area contributed by atoms with Crippen LogP contribution in [0.3, 0.4) is 0 Å². The number of fused-ring (bicyclic) bond motifs is 1. The molecular formula is C26H29ClN8O10S2. The number of thioether (sulfide) groups is 1. The molecule has 4 rings (SSSR count). The number of non-ortho nitro benzene ring substituents is 1. The number of oxime groups is 1. The van der Waals surface area contributed by atoms with Crippen LogP contribution in [0.25, 0.3) is 0 Å². The first kappa shape index (κ1) is 35.3. The normalized spacial score (nSPS) is 17.8. The van der Waals surface area contributed by atoms with E-state index in [1.807, 2.05) is 0 Å². The van der Waals surface area contributed by atoms with Crippen LogP contribution in [0.5, 0.6) is 0 Å². The number of nitrogens with two attached hydrogens (primary N) is 1. The van der Waals surface area contributed by atoms with E-state index >= 15 is 0 Å². The van der Waals surface area contributed by atoms with Gasteiger partial charge in [0.05, 0.1) is 22.1 Å². The van der Waals surface area contributed by atoms with E-state index in [1.165, 1.54) is 36.0 Å². The maximum absolute atomic E-state index is 13.3. The van der Waals surface area contributed by atoms with E-state index in [9.17, 15) is 34.4 Å². The number of anilines is 1. The number of esters is 1. The molecule has 1 saturated heterocycles. The van der Waals surface area contributed by atoms with E-state index in [0.717, 1.165) is 21.5 Å². The Hall–Kier alpha value is -4.53. The Kier molecular flexibility index (Phi) is 11.2. The van der Waals surface area contributed by atoms with Gasteiger partial charge in [0, 0.05) is 35.8 Å². The molecule has 1 unspecified atom stereocenters. The summed E-state index contributed by atoms with van der Waals surface area (Å²) in [5.41, 5.74) is 4.72. The summed E-state index contributed by atoms with van der Waals surface area (Å²) < 4.78 is 9.31. The van der Waals surface area contributed by atoms with Crippen molar-refractivity contribution in [3.8, 4) is 0 Å². The Bertz CT molecular complexity index is 1610. The molecule has 3 amide bonds. The monoisotopic (exact) mass is 712 g/mol. The van der Waals surface area contributed by atoms with Crippen LogP contribution in [-0.4, -0.2) is 94.9 Å². The van der Waals surface area contributed by atoms with Gasteiger partial charge in [0.1, 0.15) is 30.3 Å². The lowest BCUT2D eigenvalue weighted by Gasteiger charge is -2.49. The van der Waals surface area contributed by atoms with E-state index in [-0.39, 0.29) is 65.0 Å². The number of carbonyl (C=O) groups is 4. The number of hydrogen-bond donors (Lipinski definition) is 3. The number of nitrogen functional groups attached to an aromatic ring is 1. The van der Waals surface area contributed by atoms with Crippen molar-refractivity contribution < 1.29 is 43.6 Å². The van der Waals surface area contributed by atoms with Gasteiger partial charge >= 0.3 is 12.1 Å². The van der Waals surface area contributed by atoms with Crippen molar-refractivity contribution in [2.45, 2.75) is 50.8 Å². The maximum Gasteiger partial charge on any atom is 0.431 e. The molecule has 2 aliphatic heterocycles. The number of nitrogens with zero attached hydrogens (tertiary/aromatic N) is 6. The highest BCUT2D eigenvalue weighted by Crippen LogP contribution is 2.41. The fraction of sp³-hybridized carbons (Fsp3) is 0.423. The van der Waals surface area contributed by atoms with Gasteiger partial charge in [-0.25, -0.2) is 9.59 Å². The fourth-order valence-electron chi connectivity index (χ4n) is 4.12. The van der Waals surface area contributed by atoms with Crippen LogP contribution in [0.4, 0.5) is 15.6 Å². The molecule has 3 heterocycles. The summed E-state index contributed by atoms with van der Waals surface area (Å²) in [6, 6.07) is 4.31. The number of hydrogen-bond acceptors (Lipinski definition) is 15. The topological polar surface area (TPSA) is 242 Å². The number of carbonyl (C=O) groups excluding carboxylic acids is 3. The lowest BCUT2D eigenvalue weighted by atomic mass is 10.0. The van der Waals surface area contributed by atoms with Gasteiger partial charge in [0.25, 0.3) is 17.5 Å². The summed E-state index contributed by atoms with van der Waals surface area (Å²) in [5, 5.41) is 26.8. The Morgan fingerprint density at radius 3 is 2.60 bits per heavy atom. The van der Waals surface area contributed by atoms with E-state index in [0.29, 0.717) is 5.56 Å². The summed E-state index contributed by atoms with van der Waals surface area (Å²) in [4.78, 5) is 77.0. The van der Waals surface area contributed by atoms with Crippen molar-refractivity contribution in [3.05, 3.63) is 56.5 Å². The molecule has 0 spiro atoms. The number of hydroxylamine groups is 2.